The largest absolute Gasteiger partial charge is 0.346 e. The van der Waals surface area contributed by atoms with E-state index in [2.05, 4.69) is 15.4 Å². The first-order valence-corrected chi connectivity index (χ1v) is 7.74. The van der Waals surface area contributed by atoms with Crippen LogP contribution < -0.4 is 10.3 Å². The van der Waals surface area contributed by atoms with Crippen molar-refractivity contribution in [1.29, 1.82) is 0 Å². The van der Waals surface area contributed by atoms with Gasteiger partial charge in [-0.1, -0.05) is 6.07 Å². The van der Waals surface area contributed by atoms with Crippen molar-refractivity contribution in [3.8, 4) is 0 Å². The van der Waals surface area contributed by atoms with Crippen LogP contribution in [0.1, 0.15) is 35.1 Å². The van der Waals surface area contributed by atoms with Crippen LogP contribution in [0.2, 0.25) is 0 Å². The minimum atomic E-state index is -0.0963. The second-order valence-electron chi connectivity index (χ2n) is 5.71. The van der Waals surface area contributed by atoms with Crippen molar-refractivity contribution in [3.05, 3.63) is 59.4 Å². The Morgan fingerprint density at radius 1 is 1.17 bits per heavy atom. The van der Waals surface area contributed by atoms with Crippen LogP contribution in [0.4, 0.5) is 5.69 Å². The van der Waals surface area contributed by atoms with E-state index < -0.39 is 0 Å². The molecule has 1 N–H and O–H groups in total. The maximum atomic E-state index is 12.2. The maximum Gasteiger partial charge on any atom is 0.251 e. The lowest BCUT2D eigenvalue weighted by Crippen LogP contribution is -2.23. The number of rotatable bonds is 4. The lowest BCUT2D eigenvalue weighted by molar-refractivity contribution is 0.0950. The number of carbonyl (C=O) groups excluding carboxylic acids is 1. The first kappa shape index (κ1) is 15.2. The number of hydrazone groups is 1. The fourth-order valence-electron chi connectivity index (χ4n) is 2.52. The fourth-order valence-corrected chi connectivity index (χ4v) is 2.52. The lowest BCUT2D eigenvalue weighted by atomic mass is 10.2. The Morgan fingerprint density at radius 2 is 1.96 bits per heavy atom. The third kappa shape index (κ3) is 3.74. The molecule has 1 aliphatic rings. The molecule has 0 unspecified atom stereocenters. The number of pyridine rings is 1. The van der Waals surface area contributed by atoms with Gasteiger partial charge in [-0.3, -0.25) is 14.8 Å². The summed E-state index contributed by atoms with van der Waals surface area (Å²) in [6.07, 6.45) is 0.992. The van der Waals surface area contributed by atoms with Gasteiger partial charge >= 0.3 is 0 Å². The Morgan fingerprint density at radius 3 is 2.61 bits per heavy atom. The summed E-state index contributed by atoms with van der Waals surface area (Å²) in [5.74, 6) is -0.0963. The van der Waals surface area contributed by atoms with Gasteiger partial charge in [0.2, 0.25) is 0 Å². The number of anilines is 1. The van der Waals surface area contributed by atoms with E-state index in [4.69, 9.17) is 0 Å². The Labute approximate surface area is 136 Å². The van der Waals surface area contributed by atoms with Gasteiger partial charge in [-0.2, -0.15) is 5.10 Å². The summed E-state index contributed by atoms with van der Waals surface area (Å²) in [7, 11) is 0. The highest BCUT2D eigenvalue weighted by molar-refractivity contribution is 5.94. The van der Waals surface area contributed by atoms with Crippen molar-refractivity contribution < 1.29 is 4.79 Å². The van der Waals surface area contributed by atoms with E-state index in [1.807, 2.05) is 61.3 Å². The molecule has 1 aliphatic heterocycles. The molecule has 2 heterocycles. The molecular formula is C18H20N4O. The average molecular weight is 308 g/mol. The van der Waals surface area contributed by atoms with Crippen LogP contribution in [0.3, 0.4) is 0 Å². The zero-order valence-corrected chi connectivity index (χ0v) is 13.4. The highest BCUT2D eigenvalue weighted by Gasteiger charge is 2.13. The van der Waals surface area contributed by atoms with Gasteiger partial charge in [0.05, 0.1) is 17.9 Å². The zero-order chi connectivity index (χ0) is 16.2. The number of nitrogens with zero attached hydrogens (tertiary/aromatic N) is 3. The van der Waals surface area contributed by atoms with Crippen LogP contribution >= 0.6 is 0 Å². The van der Waals surface area contributed by atoms with E-state index in [-0.39, 0.29) is 5.91 Å². The summed E-state index contributed by atoms with van der Waals surface area (Å²) < 4.78 is 0. The van der Waals surface area contributed by atoms with Crippen LogP contribution in [0.15, 0.2) is 47.6 Å². The maximum absolute atomic E-state index is 12.2. The summed E-state index contributed by atoms with van der Waals surface area (Å²) in [4.78, 5) is 16.6. The van der Waals surface area contributed by atoms with Crippen LogP contribution in [-0.4, -0.2) is 23.1 Å². The van der Waals surface area contributed by atoms with Crippen molar-refractivity contribution in [2.75, 3.05) is 11.6 Å². The minimum Gasteiger partial charge on any atom is -0.346 e. The van der Waals surface area contributed by atoms with E-state index in [0.717, 1.165) is 35.8 Å². The Balaban J connectivity index is 1.61. The number of nitrogens with one attached hydrogen (secondary N) is 1. The molecule has 118 valence electrons. The van der Waals surface area contributed by atoms with E-state index >= 15 is 0 Å². The van der Waals surface area contributed by atoms with E-state index in [1.54, 1.807) is 0 Å². The number of aromatic nitrogens is 1. The molecule has 0 atom stereocenters. The number of hydrogen-bond acceptors (Lipinski definition) is 4. The quantitative estimate of drug-likeness (QED) is 0.945. The number of aryl methyl sites for hydroxylation is 1. The molecule has 23 heavy (non-hydrogen) atoms. The molecule has 0 bridgehead atoms. The summed E-state index contributed by atoms with van der Waals surface area (Å²) in [6.45, 7) is 5.29. The molecule has 0 saturated heterocycles. The van der Waals surface area contributed by atoms with Gasteiger partial charge in [0, 0.05) is 29.9 Å². The molecule has 0 fully saturated rings. The van der Waals surface area contributed by atoms with Crippen molar-refractivity contribution in [2.45, 2.75) is 26.8 Å². The minimum absolute atomic E-state index is 0.0963. The van der Waals surface area contributed by atoms with Crippen molar-refractivity contribution in [2.24, 2.45) is 5.10 Å². The molecule has 0 radical (unpaired) electrons. The highest BCUT2D eigenvalue weighted by atomic mass is 16.1. The van der Waals surface area contributed by atoms with Gasteiger partial charge in [-0.25, -0.2) is 0 Å². The first-order valence-electron chi connectivity index (χ1n) is 7.74. The Bertz CT molecular complexity index is 737. The van der Waals surface area contributed by atoms with Gasteiger partial charge in [-0.05, 0) is 50.2 Å². The number of carbonyl (C=O) groups is 1. The SMILES string of the molecule is CC1=NN(c2ccc(C(=O)NCc3cccc(C)n3)cc2)CC1. The van der Waals surface area contributed by atoms with Crippen molar-refractivity contribution >= 4 is 17.3 Å². The second kappa shape index (κ2) is 6.60. The lowest BCUT2D eigenvalue weighted by Gasteiger charge is -2.14. The van der Waals surface area contributed by atoms with Crippen LogP contribution in [-0.2, 0) is 6.54 Å². The third-order valence-corrected chi connectivity index (χ3v) is 3.78. The smallest absolute Gasteiger partial charge is 0.251 e. The fraction of sp³-hybridized carbons (Fsp3) is 0.278. The van der Waals surface area contributed by atoms with Crippen molar-refractivity contribution in [1.82, 2.24) is 10.3 Å². The standard InChI is InChI=1S/C18H20N4O/c1-13-4-3-5-16(20-13)12-19-18(23)15-6-8-17(9-7-15)22-11-10-14(2)21-22/h3-9H,10-12H2,1-2H3,(H,19,23). The summed E-state index contributed by atoms with van der Waals surface area (Å²) in [6, 6.07) is 13.3. The monoisotopic (exact) mass is 308 g/mol. The zero-order valence-electron chi connectivity index (χ0n) is 13.4. The summed E-state index contributed by atoms with van der Waals surface area (Å²) in [5, 5.41) is 9.32. The number of hydrogen-bond donors (Lipinski definition) is 1. The van der Waals surface area contributed by atoms with Gasteiger partial charge in [-0.15, -0.1) is 0 Å². The van der Waals surface area contributed by atoms with Gasteiger partial charge in [0.15, 0.2) is 0 Å². The molecule has 5 nitrogen and oxygen atoms in total. The molecule has 3 rings (SSSR count). The van der Waals surface area contributed by atoms with Gasteiger partial charge in [0.1, 0.15) is 0 Å². The molecule has 0 spiro atoms. The molecule has 1 amide bonds. The molecule has 1 aromatic carbocycles. The summed E-state index contributed by atoms with van der Waals surface area (Å²) >= 11 is 0. The first-order chi connectivity index (χ1) is 11.1. The van der Waals surface area contributed by atoms with Gasteiger partial charge in [0.25, 0.3) is 5.91 Å². The predicted octanol–water partition coefficient (Wildman–Crippen LogP) is 2.91. The highest BCUT2D eigenvalue weighted by Crippen LogP contribution is 2.19. The van der Waals surface area contributed by atoms with Gasteiger partial charge < -0.3 is 5.32 Å². The molecule has 0 saturated carbocycles. The Hall–Kier alpha value is -2.69. The topological polar surface area (TPSA) is 57.6 Å². The van der Waals surface area contributed by atoms with Crippen LogP contribution in [0.25, 0.3) is 0 Å². The van der Waals surface area contributed by atoms with Crippen LogP contribution in [0.5, 0.6) is 0 Å². The van der Waals surface area contributed by atoms with E-state index in [1.165, 1.54) is 0 Å². The summed E-state index contributed by atoms with van der Waals surface area (Å²) in [5.41, 5.74) is 4.59. The molecule has 5 heteroatoms. The number of amides is 1. The normalized spacial score (nSPS) is 13.8. The van der Waals surface area contributed by atoms with E-state index in [9.17, 15) is 4.79 Å². The third-order valence-electron chi connectivity index (χ3n) is 3.78. The molecular weight excluding hydrogens is 288 g/mol. The average Bonchev–Trinajstić information content (AvgIpc) is 2.99. The second-order valence-corrected chi connectivity index (χ2v) is 5.71. The predicted molar refractivity (Wildman–Crippen MR) is 91.7 cm³/mol. The molecule has 0 aliphatic carbocycles. The van der Waals surface area contributed by atoms with E-state index in [0.29, 0.717) is 12.1 Å². The Kier molecular flexibility index (Phi) is 4.37. The molecule has 1 aromatic heterocycles. The van der Waals surface area contributed by atoms with Crippen LogP contribution in [0, 0.1) is 6.92 Å². The molecule has 2 aromatic rings. The van der Waals surface area contributed by atoms with Crippen molar-refractivity contribution in [3.63, 3.8) is 0 Å². The number of benzene rings is 1.